The van der Waals surface area contributed by atoms with E-state index in [1.165, 1.54) is 0 Å². The average molecular weight is 343 g/mol. The fourth-order valence-electron chi connectivity index (χ4n) is 2.61. The van der Waals surface area contributed by atoms with Crippen molar-refractivity contribution in [3.05, 3.63) is 36.5 Å². The average Bonchev–Trinajstić information content (AvgIpc) is 3.18. The van der Waals surface area contributed by atoms with E-state index in [-0.39, 0.29) is 12.0 Å². The first-order valence-electron chi connectivity index (χ1n) is 8.07. The standard InChI is InChI=1S/C18H21N3O4/c1-23-14-7-5-12(10-16(14)24-2)20-13-6-8-17(19-11-13)21-18(22)15-4-3-9-25-15/h5-8,10-11,15,20H,3-4,9H2,1-2H3,(H,19,21,22). The Hall–Kier alpha value is -2.80. The normalized spacial score (nSPS) is 16.3. The molecule has 7 heteroatoms. The molecule has 0 bridgehead atoms. The highest BCUT2D eigenvalue weighted by molar-refractivity contribution is 5.93. The minimum absolute atomic E-state index is 0.148. The van der Waals surface area contributed by atoms with Gasteiger partial charge in [0.25, 0.3) is 5.91 Å². The Balaban J connectivity index is 1.63. The molecule has 3 rings (SSSR count). The van der Waals surface area contributed by atoms with E-state index < -0.39 is 0 Å². The largest absolute Gasteiger partial charge is 0.493 e. The van der Waals surface area contributed by atoms with Gasteiger partial charge in [-0.05, 0) is 37.1 Å². The predicted molar refractivity (Wildman–Crippen MR) is 94.7 cm³/mol. The Kier molecular flexibility index (Phi) is 5.35. The van der Waals surface area contributed by atoms with E-state index in [4.69, 9.17) is 14.2 Å². The summed E-state index contributed by atoms with van der Waals surface area (Å²) >= 11 is 0. The number of hydrogen-bond donors (Lipinski definition) is 2. The molecule has 7 nitrogen and oxygen atoms in total. The molecule has 0 spiro atoms. The zero-order valence-electron chi connectivity index (χ0n) is 14.2. The number of rotatable bonds is 6. The summed E-state index contributed by atoms with van der Waals surface area (Å²) in [7, 11) is 3.19. The molecule has 1 saturated heterocycles. The summed E-state index contributed by atoms with van der Waals surface area (Å²) in [5.41, 5.74) is 1.64. The second-order valence-corrected chi connectivity index (χ2v) is 5.62. The number of nitrogens with zero attached hydrogens (tertiary/aromatic N) is 1. The molecule has 132 valence electrons. The lowest BCUT2D eigenvalue weighted by molar-refractivity contribution is -0.124. The molecule has 0 saturated carbocycles. The number of carbonyl (C=O) groups is 1. The molecule has 1 aromatic heterocycles. The lowest BCUT2D eigenvalue weighted by atomic mass is 10.2. The molecule has 1 aliphatic heterocycles. The van der Waals surface area contributed by atoms with Gasteiger partial charge < -0.3 is 24.8 Å². The summed E-state index contributed by atoms with van der Waals surface area (Å²) in [6.07, 6.45) is 2.96. The van der Waals surface area contributed by atoms with Crippen LogP contribution in [0.2, 0.25) is 0 Å². The second-order valence-electron chi connectivity index (χ2n) is 5.62. The Morgan fingerprint density at radius 1 is 1.16 bits per heavy atom. The van der Waals surface area contributed by atoms with Gasteiger partial charge in [-0.15, -0.1) is 0 Å². The van der Waals surface area contributed by atoms with Crippen molar-refractivity contribution in [3.63, 3.8) is 0 Å². The molecule has 25 heavy (non-hydrogen) atoms. The monoisotopic (exact) mass is 343 g/mol. The van der Waals surface area contributed by atoms with Crippen LogP contribution in [0.3, 0.4) is 0 Å². The number of nitrogens with one attached hydrogen (secondary N) is 2. The van der Waals surface area contributed by atoms with E-state index in [9.17, 15) is 4.79 Å². The van der Waals surface area contributed by atoms with Crippen LogP contribution >= 0.6 is 0 Å². The fourth-order valence-corrected chi connectivity index (χ4v) is 2.61. The molecule has 2 aromatic rings. The van der Waals surface area contributed by atoms with Gasteiger partial charge in [0.15, 0.2) is 11.5 Å². The second kappa shape index (κ2) is 7.85. The van der Waals surface area contributed by atoms with E-state index in [2.05, 4.69) is 15.6 Å². The molecular weight excluding hydrogens is 322 g/mol. The molecule has 1 aromatic carbocycles. The van der Waals surface area contributed by atoms with Gasteiger partial charge >= 0.3 is 0 Å². The molecule has 0 aliphatic carbocycles. The number of ether oxygens (including phenoxy) is 3. The molecule has 1 amide bonds. The van der Waals surface area contributed by atoms with Gasteiger partial charge in [-0.2, -0.15) is 0 Å². The van der Waals surface area contributed by atoms with E-state index in [1.807, 2.05) is 24.3 Å². The Bertz CT molecular complexity index is 728. The number of aromatic nitrogens is 1. The molecule has 1 aliphatic rings. The van der Waals surface area contributed by atoms with Crippen molar-refractivity contribution < 1.29 is 19.0 Å². The first kappa shape index (κ1) is 17.0. The quantitative estimate of drug-likeness (QED) is 0.839. The van der Waals surface area contributed by atoms with Gasteiger partial charge in [-0.3, -0.25) is 4.79 Å². The van der Waals surface area contributed by atoms with Crippen molar-refractivity contribution in [2.75, 3.05) is 31.5 Å². The Morgan fingerprint density at radius 2 is 1.96 bits per heavy atom. The molecule has 2 heterocycles. The smallest absolute Gasteiger partial charge is 0.254 e. The summed E-state index contributed by atoms with van der Waals surface area (Å²) in [6.45, 7) is 0.639. The minimum atomic E-state index is -0.369. The fraction of sp³-hybridized carbons (Fsp3) is 0.333. The number of amides is 1. The summed E-state index contributed by atoms with van der Waals surface area (Å²) < 4.78 is 15.9. The van der Waals surface area contributed by atoms with Crippen molar-refractivity contribution in [1.29, 1.82) is 0 Å². The SMILES string of the molecule is COc1ccc(Nc2ccc(NC(=O)C3CCCO3)nc2)cc1OC. The molecule has 1 unspecified atom stereocenters. The van der Waals surface area contributed by atoms with Crippen molar-refractivity contribution in [2.24, 2.45) is 0 Å². The number of hydrogen-bond acceptors (Lipinski definition) is 6. The molecule has 0 radical (unpaired) electrons. The van der Waals surface area contributed by atoms with E-state index in [0.29, 0.717) is 23.9 Å². The predicted octanol–water partition coefficient (Wildman–Crippen LogP) is 2.96. The van der Waals surface area contributed by atoms with E-state index in [0.717, 1.165) is 24.2 Å². The first-order chi connectivity index (χ1) is 12.2. The highest BCUT2D eigenvalue weighted by Gasteiger charge is 2.23. The van der Waals surface area contributed by atoms with Gasteiger partial charge in [0, 0.05) is 18.4 Å². The number of benzene rings is 1. The van der Waals surface area contributed by atoms with Crippen molar-refractivity contribution in [3.8, 4) is 11.5 Å². The highest BCUT2D eigenvalue weighted by Crippen LogP contribution is 2.31. The maximum Gasteiger partial charge on any atom is 0.254 e. The number of carbonyl (C=O) groups excluding carboxylic acids is 1. The molecular formula is C18H21N3O4. The number of pyridine rings is 1. The third kappa shape index (κ3) is 4.19. The van der Waals surface area contributed by atoms with Gasteiger partial charge in [-0.1, -0.05) is 0 Å². The Labute approximate surface area is 146 Å². The van der Waals surface area contributed by atoms with E-state index >= 15 is 0 Å². The van der Waals surface area contributed by atoms with Gasteiger partial charge in [0.05, 0.1) is 26.1 Å². The van der Waals surface area contributed by atoms with Crippen LogP contribution in [0.1, 0.15) is 12.8 Å². The maximum atomic E-state index is 12.0. The molecule has 1 atom stereocenters. The van der Waals surface area contributed by atoms with Crippen LogP contribution in [0.15, 0.2) is 36.5 Å². The highest BCUT2D eigenvalue weighted by atomic mass is 16.5. The van der Waals surface area contributed by atoms with Crippen molar-refractivity contribution >= 4 is 23.1 Å². The third-order valence-electron chi connectivity index (χ3n) is 3.91. The lowest BCUT2D eigenvalue weighted by Crippen LogP contribution is -2.27. The lowest BCUT2D eigenvalue weighted by Gasteiger charge is -2.12. The summed E-state index contributed by atoms with van der Waals surface area (Å²) in [4.78, 5) is 16.3. The first-order valence-corrected chi connectivity index (χ1v) is 8.07. The Morgan fingerprint density at radius 3 is 2.60 bits per heavy atom. The zero-order valence-corrected chi connectivity index (χ0v) is 14.2. The van der Waals surface area contributed by atoms with Crippen LogP contribution in [-0.4, -0.2) is 37.8 Å². The van der Waals surface area contributed by atoms with Crippen LogP contribution in [0, 0.1) is 0 Å². The van der Waals surface area contributed by atoms with Crippen LogP contribution in [-0.2, 0) is 9.53 Å². The zero-order chi connectivity index (χ0) is 17.6. The minimum Gasteiger partial charge on any atom is -0.493 e. The van der Waals surface area contributed by atoms with Crippen molar-refractivity contribution in [1.82, 2.24) is 4.98 Å². The maximum absolute atomic E-state index is 12.0. The summed E-state index contributed by atoms with van der Waals surface area (Å²) in [6, 6.07) is 9.13. The van der Waals surface area contributed by atoms with Crippen molar-refractivity contribution in [2.45, 2.75) is 18.9 Å². The third-order valence-corrected chi connectivity index (χ3v) is 3.91. The van der Waals surface area contributed by atoms with E-state index in [1.54, 1.807) is 26.5 Å². The number of methoxy groups -OCH3 is 2. The molecule has 1 fully saturated rings. The van der Waals surface area contributed by atoms with Crippen LogP contribution < -0.4 is 20.1 Å². The summed E-state index contributed by atoms with van der Waals surface area (Å²) in [5, 5.41) is 6.00. The van der Waals surface area contributed by atoms with Crippen LogP contribution in [0.25, 0.3) is 0 Å². The van der Waals surface area contributed by atoms with Crippen LogP contribution in [0.4, 0.5) is 17.2 Å². The topological polar surface area (TPSA) is 81.7 Å². The van der Waals surface area contributed by atoms with Gasteiger partial charge in [0.2, 0.25) is 0 Å². The van der Waals surface area contributed by atoms with Gasteiger partial charge in [0.1, 0.15) is 11.9 Å². The molecule has 2 N–H and O–H groups in total. The number of anilines is 3. The van der Waals surface area contributed by atoms with Gasteiger partial charge in [-0.25, -0.2) is 4.98 Å². The van der Waals surface area contributed by atoms with Crippen LogP contribution in [0.5, 0.6) is 11.5 Å². The summed E-state index contributed by atoms with van der Waals surface area (Å²) in [5.74, 6) is 1.66.